The third-order valence-corrected chi connectivity index (χ3v) is 3.48. The van der Waals surface area contributed by atoms with Crippen molar-refractivity contribution in [3.05, 3.63) is 53.1 Å². The summed E-state index contributed by atoms with van der Waals surface area (Å²) in [6.07, 6.45) is 2.60. The van der Waals surface area contributed by atoms with Crippen molar-refractivity contribution in [2.24, 2.45) is 4.99 Å². The van der Waals surface area contributed by atoms with Gasteiger partial charge < -0.3 is 10.2 Å². The first-order valence-corrected chi connectivity index (χ1v) is 7.35. The Hall–Kier alpha value is -2.15. The molecule has 2 aromatic rings. The highest BCUT2D eigenvalue weighted by atomic mass is 35.5. The van der Waals surface area contributed by atoms with Crippen molar-refractivity contribution in [3.63, 3.8) is 0 Å². The molecule has 0 bridgehead atoms. The van der Waals surface area contributed by atoms with Crippen LogP contribution in [0.2, 0.25) is 5.02 Å². The van der Waals surface area contributed by atoms with Gasteiger partial charge in [0.05, 0.1) is 6.54 Å². The summed E-state index contributed by atoms with van der Waals surface area (Å²) in [6.45, 7) is -1.87. The quantitative estimate of drug-likeness (QED) is 0.671. The van der Waals surface area contributed by atoms with E-state index in [4.69, 9.17) is 11.6 Å². The molecule has 0 amide bonds. The molecule has 0 aliphatic heterocycles. The predicted molar refractivity (Wildman–Crippen MR) is 86.6 cm³/mol. The number of benzene rings is 1. The second-order valence-electron chi connectivity index (χ2n) is 4.92. The minimum absolute atomic E-state index is 0.157. The lowest BCUT2D eigenvalue weighted by Crippen LogP contribution is -2.38. The number of nitrogens with zero attached hydrogens (tertiary/aromatic N) is 4. The van der Waals surface area contributed by atoms with Gasteiger partial charge in [-0.1, -0.05) is 23.7 Å². The van der Waals surface area contributed by atoms with Crippen molar-refractivity contribution >= 4 is 17.6 Å². The van der Waals surface area contributed by atoms with Gasteiger partial charge in [-0.3, -0.25) is 9.56 Å². The molecule has 0 unspecified atom stereocenters. The average Bonchev–Trinajstić information content (AvgIpc) is 2.96. The van der Waals surface area contributed by atoms with E-state index in [9.17, 15) is 8.78 Å². The molecule has 8 heteroatoms. The molecule has 124 valence electrons. The van der Waals surface area contributed by atoms with Gasteiger partial charge in [-0.25, -0.2) is 4.98 Å². The topological polar surface area (TPSA) is 45.5 Å². The second kappa shape index (κ2) is 7.92. The van der Waals surface area contributed by atoms with Gasteiger partial charge in [-0.15, -0.1) is 0 Å². The molecular formula is C15H18ClF2N5. The van der Waals surface area contributed by atoms with Crippen molar-refractivity contribution in [2.45, 2.75) is 19.6 Å². The van der Waals surface area contributed by atoms with Crippen molar-refractivity contribution in [3.8, 4) is 0 Å². The lowest BCUT2D eigenvalue weighted by molar-refractivity contribution is 0.0668. The summed E-state index contributed by atoms with van der Waals surface area (Å²) in [5, 5.41) is 3.69. The third-order valence-electron chi connectivity index (χ3n) is 3.25. The van der Waals surface area contributed by atoms with E-state index >= 15 is 0 Å². The number of guanidine groups is 1. The van der Waals surface area contributed by atoms with Crippen LogP contribution in [-0.4, -0.2) is 34.5 Å². The summed E-state index contributed by atoms with van der Waals surface area (Å²) in [4.78, 5) is 9.96. The molecule has 2 rings (SSSR count). The van der Waals surface area contributed by atoms with Gasteiger partial charge in [0.25, 0.3) is 0 Å². The molecule has 0 aliphatic carbocycles. The Kier molecular flexibility index (Phi) is 5.92. The molecular weight excluding hydrogens is 324 g/mol. The fourth-order valence-corrected chi connectivity index (χ4v) is 2.40. The Bertz CT molecular complexity index is 671. The number of hydrogen-bond donors (Lipinski definition) is 1. The molecule has 5 nitrogen and oxygen atoms in total. The molecule has 0 radical (unpaired) electrons. The Labute approximate surface area is 138 Å². The van der Waals surface area contributed by atoms with Crippen LogP contribution >= 0.6 is 11.6 Å². The van der Waals surface area contributed by atoms with E-state index in [2.05, 4.69) is 15.3 Å². The smallest absolute Gasteiger partial charge is 0.319 e. The van der Waals surface area contributed by atoms with Crippen LogP contribution < -0.4 is 5.32 Å². The maximum atomic E-state index is 12.8. The van der Waals surface area contributed by atoms with E-state index < -0.39 is 6.55 Å². The van der Waals surface area contributed by atoms with Gasteiger partial charge in [-0.2, -0.15) is 8.78 Å². The number of halogens is 3. The minimum Gasteiger partial charge on any atom is -0.349 e. The fraction of sp³-hybridized carbons (Fsp3) is 0.333. The highest BCUT2D eigenvalue weighted by molar-refractivity contribution is 6.30. The van der Waals surface area contributed by atoms with Crippen LogP contribution in [0.25, 0.3) is 0 Å². The van der Waals surface area contributed by atoms with E-state index in [0.717, 1.165) is 10.1 Å². The molecule has 23 heavy (non-hydrogen) atoms. The van der Waals surface area contributed by atoms with E-state index in [1.165, 1.54) is 12.4 Å². The number of alkyl halides is 2. The summed E-state index contributed by atoms with van der Waals surface area (Å²) >= 11 is 5.97. The summed E-state index contributed by atoms with van der Waals surface area (Å²) in [6, 6.07) is 7.51. The van der Waals surface area contributed by atoms with Gasteiger partial charge in [0.2, 0.25) is 0 Å². The molecule has 0 atom stereocenters. The highest BCUT2D eigenvalue weighted by Gasteiger charge is 2.13. The summed E-state index contributed by atoms with van der Waals surface area (Å²) in [5.41, 5.74) is 1.03. The van der Waals surface area contributed by atoms with Crippen molar-refractivity contribution in [2.75, 3.05) is 14.1 Å². The maximum absolute atomic E-state index is 12.8. The van der Waals surface area contributed by atoms with Crippen LogP contribution in [0.3, 0.4) is 0 Å². The number of nitrogens with one attached hydrogen (secondary N) is 1. The van der Waals surface area contributed by atoms with E-state index in [1.807, 2.05) is 36.2 Å². The fourth-order valence-electron chi connectivity index (χ4n) is 2.19. The van der Waals surface area contributed by atoms with Crippen molar-refractivity contribution < 1.29 is 8.78 Å². The highest BCUT2D eigenvalue weighted by Crippen LogP contribution is 2.13. The van der Waals surface area contributed by atoms with E-state index in [0.29, 0.717) is 17.5 Å². The molecule has 0 saturated carbocycles. The Morgan fingerprint density at radius 2 is 2.26 bits per heavy atom. The van der Waals surface area contributed by atoms with Crippen LogP contribution in [0.1, 0.15) is 17.9 Å². The number of aliphatic imine (C=N–C) groups is 1. The first kappa shape index (κ1) is 17.2. The first-order chi connectivity index (χ1) is 11.0. The zero-order valence-corrected chi connectivity index (χ0v) is 13.6. The number of imidazole rings is 1. The van der Waals surface area contributed by atoms with Gasteiger partial charge in [0.15, 0.2) is 5.96 Å². The second-order valence-corrected chi connectivity index (χ2v) is 5.35. The van der Waals surface area contributed by atoms with Crippen LogP contribution in [0.5, 0.6) is 0 Å². The standard InChI is InChI=1S/C15H18ClF2N5/c1-19-15(21-9-13-20-6-7-23(13)14(17)18)22(2)10-11-4-3-5-12(16)8-11/h3-8,14H,9-10H2,1-2H3,(H,19,21). The lowest BCUT2D eigenvalue weighted by atomic mass is 10.2. The van der Waals surface area contributed by atoms with Gasteiger partial charge >= 0.3 is 6.55 Å². The van der Waals surface area contributed by atoms with E-state index in [1.54, 1.807) is 7.05 Å². The zero-order chi connectivity index (χ0) is 16.8. The molecule has 0 fully saturated rings. The molecule has 1 aromatic carbocycles. The lowest BCUT2D eigenvalue weighted by Gasteiger charge is -2.22. The number of rotatable bonds is 5. The molecule has 1 N–H and O–H groups in total. The summed E-state index contributed by atoms with van der Waals surface area (Å²) < 4.78 is 26.4. The van der Waals surface area contributed by atoms with Crippen LogP contribution in [0, 0.1) is 0 Å². The van der Waals surface area contributed by atoms with E-state index in [-0.39, 0.29) is 12.4 Å². The molecule has 1 heterocycles. The van der Waals surface area contributed by atoms with Crippen LogP contribution in [0.15, 0.2) is 41.7 Å². The van der Waals surface area contributed by atoms with Gasteiger partial charge in [0, 0.05) is 38.1 Å². The number of hydrogen-bond acceptors (Lipinski definition) is 2. The minimum atomic E-state index is -2.61. The maximum Gasteiger partial charge on any atom is 0.319 e. The molecule has 1 aromatic heterocycles. The summed E-state index contributed by atoms with van der Waals surface area (Å²) in [7, 11) is 3.49. The molecule has 0 saturated heterocycles. The summed E-state index contributed by atoms with van der Waals surface area (Å²) in [5.74, 6) is 0.825. The van der Waals surface area contributed by atoms with Crippen LogP contribution in [-0.2, 0) is 13.1 Å². The monoisotopic (exact) mass is 341 g/mol. The molecule has 0 aliphatic rings. The number of aromatic nitrogens is 2. The Balaban J connectivity index is 1.98. The van der Waals surface area contributed by atoms with Crippen molar-refractivity contribution in [1.29, 1.82) is 0 Å². The van der Waals surface area contributed by atoms with Crippen molar-refractivity contribution in [1.82, 2.24) is 19.8 Å². The Morgan fingerprint density at radius 1 is 1.48 bits per heavy atom. The predicted octanol–water partition coefficient (Wildman–Crippen LogP) is 3.14. The normalized spacial score (nSPS) is 11.8. The largest absolute Gasteiger partial charge is 0.349 e. The van der Waals surface area contributed by atoms with Crippen LogP contribution in [0.4, 0.5) is 8.78 Å². The van der Waals surface area contributed by atoms with Gasteiger partial charge in [0.1, 0.15) is 5.82 Å². The van der Waals surface area contributed by atoms with Gasteiger partial charge in [-0.05, 0) is 17.7 Å². The molecule has 0 spiro atoms. The zero-order valence-electron chi connectivity index (χ0n) is 12.9. The Morgan fingerprint density at radius 3 is 2.91 bits per heavy atom. The third kappa shape index (κ3) is 4.66. The SMILES string of the molecule is CN=C(NCc1nccn1C(F)F)N(C)Cc1cccc(Cl)c1. The first-order valence-electron chi connectivity index (χ1n) is 6.97. The average molecular weight is 342 g/mol.